The highest BCUT2D eigenvalue weighted by Crippen LogP contribution is 2.34. The lowest BCUT2D eigenvalue weighted by Gasteiger charge is -2.23. The van der Waals surface area contributed by atoms with E-state index in [0.29, 0.717) is 5.92 Å². The van der Waals surface area contributed by atoms with Gasteiger partial charge in [0.25, 0.3) is 0 Å². The van der Waals surface area contributed by atoms with E-state index in [1.807, 2.05) is 6.08 Å². The van der Waals surface area contributed by atoms with Gasteiger partial charge in [0.1, 0.15) is 0 Å². The largest absolute Gasteiger partial charge is 0.426 e. The fraction of sp³-hybridized carbons (Fsp3) is 0.391. The quantitative estimate of drug-likeness (QED) is 0.487. The van der Waals surface area contributed by atoms with Crippen LogP contribution in [0.1, 0.15) is 49.3 Å². The summed E-state index contributed by atoms with van der Waals surface area (Å²) in [7, 11) is 0. The van der Waals surface area contributed by atoms with Crippen molar-refractivity contribution >= 4 is 6.08 Å². The predicted molar refractivity (Wildman–Crippen MR) is 102 cm³/mol. The first kappa shape index (κ1) is 20.4. The second-order valence-electron chi connectivity index (χ2n) is 7.63. The molecule has 0 aliphatic heterocycles. The van der Waals surface area contributed by atoms with Crippen LogP contribution in [0.2, 0.25) is 0 Å². The molecular formula is C23H24F4O. The summed E-state index contributed by atoms with van der Waals surface area (Å²) in [5.74, 6) is -2.12. The monoisotopic (exact) mass is 392 g/mol. The van der Waals surface area contributed by atoms with Crippen molar-refractivity contribution in [3.8, 4) is 5.75 Å². The summed E-state index contributed by atoms with van der Waals surface area (Å²) in [5, 5.41) is 0. The Morgan fingerprint density at radius 2 is 1.57 bits per heavy atom. The summed E-state index contributed by atoms with van der Waals surface area (Å²) in [5.41, 5.74) is 0.416. The number of halogens is 4. The molecule has 0 aromatic heterocycles. The standard InChI is InChI=1S/C23H24F4O/c1-15-3-6-17(7-4-15)8-9-18-10-12-19(13-11-18)23(26,27)28-20-14-5-16(2)21(24)22(20)25/h5,8-15,17H,3-4,6-7H2,1-2H3/b9-8+. The maximum absolute atomic E-state index is 14.4. The van der Waals surface area contributed by atoms with Crippen LogP contribution in [0.3, 0.4) is 0 Å². The minimum absolute atomic E-state index is 0.0247. The molecule has 0 heterocycles. The molecule has 3 rings (SSSR count). The van der Waals surface area contributed by atoms with Crippen LogP contribution in [0.15, 0.2) is 42.5 Å². The van der Waals surface area contributed by atoms with Gasteiger partial charge in [-0.1, -0.05) is 50.1 Å². The molecule has 0 saturated heterocycles. The average molecular weight is 392 g/mol. The van der Waals surface area contributed by atoms with Crippen LogP contribution in [-0.2, 0) is 6.11 Å². The molecule has 0 unspecified atom stereocenters. The first-order valence-corrected chi connectivity index (χ1v) is 9.56. The summed E-state index contributed by atoms with van der Waals surface area (Å²) in [6, 6.07) is 7.82. The molecule has 2 aromatic rings. The molecule has 0 N–H and O–H groups in total. The highest BCUT2D eigenvalue weighted by molar-refractivity contribution is 5.50. The Morgan fingerprint density at radius 3 is 2.21 bits per heavy atom. The second-order valence-corrected chi connectivity index (χ2v) is 7.63. The predicted octanol–water partition coefficient (Wildman–Crippen LogP) is 7.24. The Labute approximate surface area is 163 Å². The first-order chi connectivity index (χ1) is 13.3. The van der Waals surface area contributed by atoms with E-state index < -0.39 is 29.1 Å². The Balaban J connectivity index is 1.69. The molecular weight excluding hydrogens is 368 g/mol. The molecule has 0 amide bonds. The van der Waals surface area contributed by atoms with Crippen molar-refractivity contribution in [1.29, 1.82) is 0 Å². The van der Waals surface area contributed by atoms with Crippen molar-refractivity contribution in [2.24, 2.45) is 11.8 Å². The lowest BCUT2D eigenvalue weighted by Crippen LogP contribution is -2.22. The molecule has 0 atom stereocenters. The van der Waals surface area contributed by atoms with Gasteiger partial charge >= 0.3 is 6.11 Å². The number of alkyl halides is 2. The Morgan fingerprint density at radius 1 is 0.929 bits per heavy atom. The van der Waals surface area contributed by atoms with E-state index in [1.165, 1.54) is 38.0 Å². The van der Waals surface area contributed by atoms with Gasteiger partial charge in [0.05, 0.1) is 5.56 Å². The summed E-state index contributed by atoms with van der Waals surface area (Å²) >= 11 is 0. The molecule has 1 aliphatic carbocycles. The number of hydrogen-bond donors (Lipinski definition) is 0. The summed E-state index contributed by atoms with van der Waals surface area (Å²) in [6.45, 7) is 3.61. The van der Waals surface area contributed by atoms with E-state index in [2.05, 4.69) is 17.7 Å². The third kappa shape index (κ3) is 4.75. The van der Waals surface area contributed by atoms with Gasteiger partial charge in [0.15, 0.2) is 11.6 Å². The third-order valence-corrected chi connectivity index (χ3v) is 5.35. The van der Waals surface area contributed by atoms with Crippen LogP contribution in [0.4, 0.5) is 17.6 Å². The van der Waals surface area contributed by atoms with Gasteiger partial charge in [-0.2, -0.15) is 13.2 Å². The van der Waals surface area contributed by atoms with Crippen LogP contribution in [-0.4, -0.2) is 0 Å². The van der Waals surface area contributed by atoms with Crippen LogP contribution in [0.25, 0.3) is 6.08 Å². The normalized spacial score (nSPS) is 20.5. The van der Waals surface area contributed by atoms with E-state index >= 15 is 0 Å². The Bertz CT molecular complexity index is 834. The fourth-order valence-electron chi connectivity index (χ4n) is 3.42. The van der Waals surface area contributed by atoms with Crippen LogP contribution in [0, 0.1) is 30.4 Å². The second kappa shape index (κ2) is 8.38. The third-order valence-electron chi connectivity index (χ3n) is 5.35. The Kier molecular flexibility index (Phi) is 6.11. The molecule has 1 nitrogen and oxygen atoms in total. The number of benzene rings is 2. The van der Waals surface area contributed by atoms with E-state index in [9.17, 15) is 17.6 Å². The zero-order valence-corrected chi connectivity index (χ0v) is 16.0. The smallest absolute Gasteiger partial charge is 0.426 e. The SMILES string of the molecule is Cc1ccc(OC(F)(F)c2ccc(/C=C/C3CCC(C)CC3)cc2)c(F)c1F. The van der Waals surface area contributed by atoms with Crippen molar-refractivity contribution < 1.29 is 22.3 Å². The van der Waals surface area contributed by atoms with E-state index in [-0.39, 0.29) is 5.56 Å². The molecule has 0 radical (unpaired) electrons. The number of ether oxygens (including phenoxy) is 1. The summed E-state index contributed by atoms with van der Waals surface area (Å²) < 4.78 is 60.6. The Hall–Kier alpha value is -2.30. The number of hydrogen-bond acceptors (Lipinski definition) is 1. The van der Waals surface area contributed by atoms with Gasteiger partial charge in [-0.3, -0.25) is 0 Å². The van der Waals surface area contributed by atoms with Crippen molar-refractivity contribution in [2.45, 2.75) is 45.6 Å². The zero-order valence-electron chi connectivity index (χ0n) is 16.0. The molecule has 2 aromatic carbocycles. The maximum atomic E-state index is 14.4. The maximum Gasteiger partial charge on any atom is 0.426 e. The van der Waals surface area contributed by atoms with Gasteiger partial charge in [-0.05, 0) is 60.9 Å². The molecule has 5 heteroatoms. The van der Waals surface area contributed by atoms with Crippen LogP contribution < -0.4 is 4.74 Å². The van der Waals surface area contributed by atoms with Crippen LogP contribution in [0.5, 0.6) is 5.75 Å². The van der Waals surface area contributed by atoms with Gasteiger partial charge in [-0.25, -0.2) is 4.39 Å². The minimum Gasteiger partial charge on any atom is -0.426 e. The molecule has 1 fully saturated rings. The first-order valence-electron chi connectivity index (χ1n) is 9.56. The lowest BCUT2D eigenvalue weighted by atomic mass is 9.83. The van der Waals surface area contributed by atoms with Gasteiger partial charge in [-0.15, -0.1) is 0 Å². The van der Waals surface area contributed by atoms with Crippen molar-refractivity contribution in [1.82, 2.24) is 0 Å². The minimum atomic E-state index is -3.77. The molecule has 1 aliphatic rings. The average Bonchev–Trinajstić information content (AvgIpc) is 2.68. The van der Waals surface area contributed by atoms with Crippen molar-refractivity contribution in [3.63, 3.8) is 0 Å². The van der Waals surface area contributed by atoms with E-state index in [1.54, 1.807) is 12.1 Å². The van der Waals surface area contributed by atoms with Gasteiger partial charge < -0.3 is 4.74 Å². The highest BCUT2D eigenvalue weighted by atomic mass is 19.3. The number of rotatable bonds is 5. The molecule has 28 heavy (non-hydrogen) atoms. The topological polar surface area (TPSA) is 9.23 Å². The van der Waals surface area contributed by atoms with Gasteiger partial charge in [0.2, 0.25) is 5.82 Å². The van der Waals surface area contributed by atoms with Crippen LogP contribution >= 0.6 is 0 Å². The molecule has 1 saturated carbocycles. The summed E-state index contributed by atoms with van der Waals surface area (Å²) in [4.78, 5) is 0. The molecule has 0 spiro atoms. The number of aryl methyl sites for hydroxylation is 1. The van der Waals surface area contributed by atoms with Crippen molar-refractivity contribution in [3.05, 3.63) is 70.8 Å². The van der Waals surface area contributed by atoms with E-state index in [4.69, 9.17) is 0 Å². The number of allylic oxidation sites excluding steroid dienone is 1. The lowest BCUT2D eigenvalue weighted by molar-refractivity contribution is -0.187. The summed E-state index contributed by atoms with van der Waals surface area (Å²) in [6.07, 6.45) is 5.05. The van der Waals surface area contributed by atoms with Crippen molar-refractivity contribution in [2.75, 3.05) is 0 Å². The molecule has 150 valence electrons. The van der Waals surface area contributed by atoms with E-state index in [0.717, 1.165) is 30.4 Å². The molecule has 0 bridgehead atoms. The van der Waals surface area contributed by atoms with Gasteiger partial charge in [0, 0.05) is 0 Å². The highest BCUT2D eigenvalue weighted by Gasteiger charge is 2.35. The zero-order chi connectivity index (χ0) is 20.3. The fourth-order valence-corrected chi connectivity index (χ4v) is 3.42.